The number of nitrogens with one attached hydrogen (secondary N) is 1. The molecule has 0 bridgehead atoms. The van der Waals surface area contributed by atoms with Gasteiger partial charge in [0.2, 0.25) is 0 Å². The molecule has 0 unspecified atom stereocenters. The summed E-state index contributed by atoms with van der Waals surface area (Å²) in [5.41, 5.74) is 1.62. The van der Waals surface area contributed by atoms with E-state index in [0.717, 1.165) is 10.9 Å². The van der Waals surface area contributed by atoms with E-state index in [1.165, 1.54) is 12.5 Å². The summed E-state index contributed by atoms with van der Waals surface area (Å²) in [6.07, 6.45) is 1.82. The van der Waals surface area contributed by atoms with Crippen LogP contribution in [0.5, 0.6) is 0 Å². The second-order valence-electron chi connectivity index (χ2n) is 4.89. The summed E-state index contributed by atoms with van der Waals surface area (Å²) in [6, 6.07) is 6.60. The molecule has 0 aliphatic rings. The lowest BCUT2D eigenvalue weighted by molar-refractivity contribution is 0.102. The second-order valence-corrected chi connectivity index (χ2v) is 4.89. The lowest BCUT2D eigenvalue weighted by atomic mass is 10.1. The van der Waals surface area contributed by atoms with Crippen molar-refractivity contribution in [2.24, 2.45) is 0 Å². The van der Waals surface area contributed by atoms with Gasteiger partial charge in [-0.05, 0) is 24.6 Å². The Bertz CT molecular complexity index is 908. The number of nitrogens with zero attached hydrogens (tertiary/aromatic N) is 1. The molecule has 0 aliphatic carbocycles. The van der Waals surface area contributed by atoms with Gasteiger partial charge in [0.05, 0.1) is 0 Å². The molecule has 0 saturated carbocycles. The number of aryl methyl sites for hydroxylation is 2. The van der Waals surface area contributed by atoms with Crippen molar-refractivity contribution in [2.45, 2.75) is 20.3 Å². The van der Waals surface area contributed by atoms with Crippen molar-refractivity contribution in [3.63, 3.8) is 0 Å². The van der Waals surface area contributed by atoms with Gasteiger partial charge in [-0.2, -0.15) is 0 Å². The molecule has 2 aromatic heterocycles. The number of rotatable bonds is 3. The minimum Gasteiger partial charge on any atom is -0.448 e. The van der Waals surface area contributed by atoms with Gasteiger partial charge in [-0.25, -0.2) is 9.78 Å². The van der Waals surface area contributed by atoms with E-state index < -0.39 is 5.63 Å². The van der Waals surface area contributed by atoms with Crippen LogP contribution in [0.1, 0.15) is 28.7 Å². The summed E-state index contributed by atoms with van der Waals surface area (Å²) in [5.74, 6) is 0.167. The molecule has 0 fully saturated rings. The van der Waals surface area contributed by atoms with E-state index in [1.54, 1.807) is 18.2 Å². The van der Waals surface area contributed by atoms with E-state index in [0.29, 0.717) is 23.5 Å². The standard InChI is InChI=1S/C16H14N2O4/c1-3-12-15(17-8-21-12)16(20)18-10-4-5-11-9(2)6-14(19)22-13(11)7-10/h4-8H,3H2,1-2H3,(H,18,20). The highest BCUT2D eigenvalue weighted by Gasteiger charge is 2.15. The number of anilines is 1. The van der Waals surface area contributed by atoms with Crippen molar-refractivity contribution in [3.8, 4) is 0 Å². The zero-order chi connectivity index (χ0) is 15.7. The maximum absolute atomic E-state index is 12.2. The van der Waals surface area contributed by atoms with Gasteiger partial charge in [0.15, 0.2) is 12.1 Å². The van der Waals surface area contributed by atoms with Gasteiger partial charge in [-0.15, -0.1) is 0 Å². The summed E-state index contributed by atoms with van der Waals surface area (Å²) in [7, 11) is 0. The normalized spacial score (nSPS) is 10.8. The maximum atomic E-state index is 12.2. The molecule has 1 amide bonds. The predicted molar refractivity (Wildman–Crippen MR) is 81.1 cm³/mol. The number of carbonyl (C=O) groups is 1. The fraction of sp³-hybridized carbons (Fsp3) is 0.188. The van der Waals surface area contributed by atoms with E-state index >= 15 is 0 Å². The predicted octanol–water partition coefficient (Wildman–Crippen LogP) is 2.90. The summed E-state index contributed by atoms with van der Waals surface area (Å²) in [6.45, 7) is 3.71. The number of oxazole rings is 1. The molecule has 3 rings (SSSR count). The van der Waals surface area contributed by atoms with Crippen molar-refractivity contribution in [1.82, 2.24) is 4.98 Å². The van der Waals surface area contributed by atoms with E-state index in [2.05, 4.69) is 10.3 Å². The number of benzene rings is 1. The van der Waals surface area contributed by atoms with Gasteiger partial charge in [-0.3, -0.25) is 4.79 Å². The van der Waals surface area contributed by atoms with Crippen LogP contribution in [0.25, 0.3) is 11.0 Å². The summed E-state index contributed by atoms with van der Waals surface area (Å²) in [5, 5.41) is 3.55. The molecule has 22 heavy (non-hydrogen) atoms. The molecular formula is C16H14N2O4. The van der Waals surface area contributed by atoms with Crippen molar-refractivity contribution in [3.05, 3.63) is 58.1 Å². The number of aromatic nitrogens is 1. The smallest absolute Gasteiger partial charge is 0.336 e. The van der Waals surface area contributed by atoms with Gasteiger partial charge in [0, 0.05) is 29.6 Å². The zero-order valence-electron chi connectivity index (χ0n) is 12.2. The number of hydrogen-bond acceptors (Lipinski definition) is 5. The van der Waals surface area contributed by atoms with E-state index in [9.17, 15) is 9.59 Å². The van der Waals surface area contributed by atoms with Crippen LogP contribution in [0.4, 0.5) is 5.69 Å². The van der Waals surface area contributed by atoms with Crippen molar-refractivity contribution < 1.29 is 13.6 Å². The molecule has 6 nitrogen and oxygen atoms in total. The van der Waals surface area contributed by atoms with Crippen molar-refractivity contribution >= 4 is 22.6 Å². The Morgan fingerprint density at radius 2 is 2.14 bits per heavy atom. The molecule has 6 heteroatoms. The Kier molecular flexibility index (Phi) is 3.50. The summed E-state index contributed by atoms with van der Waals surface area (Å²) in [4.78, 5) is 27.6. The quantitative estimate of drug-likeness (QED) is 0.751. The first-order valence-corrected chi connectivity index (χ1v) is 6.86. The highest BCUT2D eigenvalue weighted by atomic mass is 16.4. The van der Waals surface area contributed by atoms with Crippen molar-refractivity contribution in [1.29, 1.82) is 0 Å². The SMILES string of the molecule is CCc1ocnc1C(=O)Nc1ccc2c(C)cc(=O)oc2c1. The van der Waals surface area contributed by atoms with Crippen molar-refractivity contribution in [2.75, 3.05) is 5.32 Å². The van der Waals surface area contributed by atoms with Crippen LogP contribution in [0.2, 0.25) is 0 Å². The fourth-order valence-corrected chi connectivity index (χ4v) is 2.30. The lowest BCUT2D eigenvalue weighted by Gasteiger charge is -2.06. The molecule has 3 aromatic rings. The van der Waals surface area contributed by atoms with Crippen LogP contribution >= 0.6 is 0 Å². The second kappa shape index (κ2) is 5.48. The van der Waals surface area contributed by atoms with E-state index in [1.807, 2.05) is 13.8 Å². The van der Waals surface area contributed by atoms with E-state index in [4.69, 9.17) is 8.83 Å². The third-order valence-corrected chi connectivity index (χ3v) is 3.39. The number of amides is 1. The average molecular weight is 298 g/mol. The summed E-state index contributed by atoms with van der Waals surface area (Å²) >= 11 is 0. The highest BCUT2D eigenvalue weighted by molar-refractivity contribution is 6.04. The number of fused-ring (bicyclic) bond motifs is 1. The Balaban J connectivity index is 1.94. The first-order valence-electron chi connectivity index (χ1n) is 6.86. The molecule has 112 valence electrons. The molecule has 1 N–H and O–H groups in total. The van der Waals surface area contributed by atoms with Crippen LogP contribution in [0.15, 0.2) is 44.3 Å². The van der Waals surface area contributed by atoms with Crippen LogP contribution < -0.4 is 10.9 Å². The fourth-order valence-electron chi connectivity index (χ4n) is 2.30. The first kappa shape index (κ1) is 14.1. The Labute approximate surface area is 125 Å². The minimum absolute atomic E-state index is 0.258. The van der Waals surface area contributed by atoms with Crippen LogP contribution in [0, 0.1) is 6.92 Å². The molecule has 2 heterocycles. The van der Waals surface area contributed by atoms with Gasteiger partial charge in [0.25, 0.3) is 5.91 Å². The molecule has 0 aliphatic heterocycles. The molecule has 0 radical (unpaired) electrons. The molecule has 0 saturated heterocycles. The van der Waals surface area contributed by atoms with Gasteiger partial charge < -0.3 is 14.2 Å². The average Bonchev–Trinajstić information content (AvgIpc) is 2.95. The minimum atomic E-state index is -0.418. The van der Waals surface area contributed by atoms with Crippen LogP contribution in [-0.2, 0) is 6.42 Å². The molecule has 0 spiro atoms. The van der Waals surface area contributed by atoms with Gasteiger partial charge in [-0.1, -0.05) is 6.92 Å². The maximum Gasteiger partial charge on any atom is 0.336 e. The lowest BCUT2D eigenvalue weighted by Crippen LogP contribution is -2.14. The third-order valence-electron chi connectivity index (χ3n) is 3.39. The third kappa shape index (κ3) is 2.50. The Morgan fingerprint density at radius 3 is 2.91 bits per heavy atom. The number of carbonyl (C=O) groups excluding carboxylic acids is 1. The molecular weight excluding hydrogens is 284 g/mol. The van der Waals surface area contributed by atoms with Crippen LogP contribution in [0.3, 0.4) is 0 Å². The molecule has 0 atom stereocenters. The topological polar surface area (TPSA) is 85.3 Å². The Hall–Kier alpha value is -2.89. The Morgan fingerprint density at radius 1 is 1.32 bits per heavy atom. The monoisotopic (exact) mass is 298 g/mol. The van der Waals surface area contributed by atoms with E-state index in [-0.39, 0.29) is 11.6 Å². The van der Waals surface area contributed by atoms with Gasteiger partial charge in [0.1, 0.15) is 11.3 Å². The number of hydrogen-bond donors (Lipinski definition) is 1. The summed E-state index contributed by atoms with van der Waals surface area (Å²) < 4.78 is 10.3. The highest BCUT2D eigenvalue weighted by Crippen LogP contribution is 2.21. The van der Waals surface area contributed by atoms with Crippen LogP contribution in [-0.4, -0.2) is 10.9 Å². The largest absolute Gasteiger partial charge is 0.448 e. The van der Waals surface area contributed by atoms with Gasteiger partial charge >= 0.3 is 5.63 Å². The zero-order valence-corrected chi connectivity index (χ0v) is 12.2. The molecule has 1 aromatic carbocycles. The first-order chi connectivity index (χ1) is 10.6.